The van der Waals surface area contributed by atoms with Crippen LogP contribution in [0.25, 0.3) is 11.0 Å². The van der Waals surface area contributed by atoms with Gasteiger partial charge in [0, 0.05) is 12.2 Å². The topological polar surface area (TPSA) is 107 Å². The van der Waals surface area contributed by atoms with E-state index in [1.165, 1.54) is 36.0 Å². The Bertz CT molecular complexity index is 1090. The van der Waals surface area contributed by atoms with Crippen molar-refractivity contribution in [2.45, 2.75) is 30.4 Å². The second kappa shape index (κ2) is 8.34. The van der Waals surface area contributed by atoms with Crippen LogP contribution in [-0.4, -0.2) is 29.6 Å². The number of thioether (sulfide) groups is 1. The highest BCUT2D eigenvalue weighted by Gasteiger charge is 2.14. The van der Waals surface area contributed by atoms with Crippen molar-refractivity contribution in [3.05, 3.63) is 48.5 Å². The lowest BCUT2D eigenvalue weighted by Crippen LogP contribution is -2.15. The number of hydrogen-bond donors (Lipinski definition) is 2. The molecule has 9 heteroatoms. The average molecular weight is 419 g/mol. The number of imidazole rings is 1. The summed E-state index contributed by atoms with van der Waals surface area (Å²) < 4.78 is 24.7. The zero-order chi connectivity index (χ0) is 20.3. The van der Waals surface area contributed by atoms with Crippen molar-refractivity contribution in [1.82, 2.24) is 9.55 Å². The SMILES string of the molecule is CC(C)Cn1c(SCC(=O)Nc2ccc(S(N)(=O)=O)cc2)nc2ccccc21. The van der Waals surface area contributed by atoms with Crippen LogP contribution in [0.3, 0.4) is 0 Å². The first-order chi connectivity index (χ1) is 13.2. The molecule has 0 aliphatic rings. The number of benzene rings is 2. The lowest BCUT2D eigenvalue weighted by atomic mass is 10.2. The van der Waals surface area contributed by atoms with Crippen LogP contribution in [0.2, 0.25) is 0 Å². The van der Waals surface area contributed by atoms with Gasteiger partial charge in [0.25, 0.3) is 0 Å². The molecule has 0 spiro atoms. The van der Waals surface area contributed by atoms with Gasteiger partial charge in [0.15, 0.2) is 5.16 Å². The Hall–Kier alpha value is -2.36. The molecule has 3 N–H and O–H groups in total. The van der Waals surface area contributed by atoms with Crippen LogP contribution in [0, 0.1) is 5.92 Å². The summed E-state index contributed by atoms with van der Waals surface area (Å²) in [6.07, 6.45) is 0. The maximum atomic E-state index is 12.3. The van der Waals surface area contributed by atoms with E-state index in [4.69, 9.17) is 5.14 Å². The van der Waals surface area contributed by atoms with Gasteiger partial charge in [0.05, 0.1) is 21.7 Å². The predicted octanol–water partition coefficient (Wildman–Crippen LogP) is 3.07. The van der Waals surface area contributed by atoms with Crippen molar-refractivity contribution < 1.29 is 13.2 Å². The summed E-state index contributed by atoms with van der Waals surface area (Å²) in [5, 5.41) is 8.63. The van der Waals surface area contributed by atoms with Crippen molar-refractivity contribution in [2.24, 2.45) is 11.1 Å². The van der Waals surface area contributed by atoms with Crippen LogP contribution in [0.15, 0.2) is 58.6 Å². The van der Waals surface area contributed by atoms with E-state index in [2.05, 4.69) is 28.7 Å². The number of rotatable bonds is 7. The minimum Gasteiger partial charge on any atom is -0.325 e. The van der Waals surface area contributed by atoms with Crippen molar-refractivity contribution in [1.29, 1.82) is 0 Å². The lowest BCUT2D eigenvalue weighted by molar-refractivity contribution is -0.113. The number of fused-ring (bicyclic) bond motifs is 1. The summed E-state index contributed by atoms with van der Waals surface area (Å²) in [6, 6.07) is 13.7. The predicted molar refractivity (Wildman–Crippen MR) is 112 cm³/mol. The molecule has 0 bridgehead atoms. The van der Waals surface area contributed by atoms with Gasteiger partial charge in [-0.2, -0.15) is 0 Å². The van der Waals surface area contributed by atoms with Gasteiger partial charge in [0.1, 0.15) is 0 Å². The Balaban J connectivity index is 1.69. The fourth-order valence-electron chi connectivity index (χ4n) is 2.76. The van der Waals surface area contributed by atoms with Gasteiger partial charge in [-0.1, -0.05) is 37.7 Å². The molecule has 148 valence electrons. The Morgan fingerprint density at radius 2 is 1.86 bits per heavy atom. The van der Waals surface area contributed by atoms with Gasteiger partial charge in [0.2, 0.25) is 15.9 Å². The third-order valence-corrected chi connectivity index (χ3v) is 5.87. The van der Waals surface area contributed by atoms with Crippen molar-refractivity contribution >= 4 is 44.4 Å². The Morgan fingerprint density at radius 3 is 2.50 bits per heavy atom. The van der Waals surface area contributed by atoms with Crippen LogP contribution in [0.5, 0.6) is 0 Å². The Morgan fingerprint density at radius 1 is 1.18 bits per heavy atom. The van der Waals surface area contributed by atoms with Crippen molar-refractivity contribution in [3.63, 3.8) is 0 Å². The molecule has 0 unspecified atom stereocenters. The fourth-order valence-corrected chi connectivity index (χ4v) is 4.10. The van der Waals surface area contributed by atoms with Gasteiger partial charge in [-0.3, -0.25) is 4.79 Å². The molecule has 0 saturated carbocycles. The number of nitrogens with zero attached hydrogens (tertiary/aromatic N) is 2. The molecular weight excluding hydrogens is 396 g/mol. The van der Waals surface area contributed by atoms with E-state index in [1.54, 1.807) is 0 Å². The second-order valence-corrected chi connectivity index (χ2v) is 9.30. The molecular formula is C19H22N4O3S2. The van der Waals surface area contributed by atoms with E-state index in [0.29, 0.717) is 11.6 Å². The molecule has 0 fully saturated rings. The summed E-state index contributed by atoms with van der Waals surface area (Å²) >= 11 is 1.37. The van der Waals surface area contributed by atoms with E-state index in [0.717, 1.165) is 22.7 Å². The average Bonchev–Trinajstić information content (AvgIpc) is 2.97. The first-order valence-corrected chi connectivity index (χ1v) is 11.3. The molecule has 3 rings (SSSR count). The minimum absolute atomic E-state index is 0.00211. The van der Waals surface area contributed by atoms with Gasteiger partial charge in [-0.25, -0.2) is 18.5 Å². The highest BCUT2D eigenvalue weighted by Crippen LogP contribution is 2.25. The van der Waals surface area contributed by atoms with Gasteiger partial charge < -0.3 is 9.88 Å². The first-order valence-electron chi connectivity index (χ1n) is 8.75. The largest absolute Gasteiger partial charge is 0.325 e. The van der Waals surface area contributed by atoms with Gasteiger partial charge >= 0.3 is 0 Å². The molecule has 7 nitrogen and oxygen atoms in total. The second-order valence-electron chi connectivity index (χ2n) is 6.79. The number of aromatic nitrogens is 2. The number of anilines is 1. The smallest absolute Gasteiger partial charge is 0.238 e. The normalized spacial score (nSPS) is 11.9. The molecule has 2 aromatic carbocycles. The number of hydrogen-bond acceptors (Lipinski definition) is 5. The van der Waals surface area contributed by atoms with Crippen LogP contribution in [-0.2, 0) is 21.4 Å². The quantitative estimate of drug-likeness (QED) is 0.574. The van der Waals surface area contributed by atoms with Crippen LogP contribution in [0.4, 0.5) is 5.69 Å². The number of sulfonamides is 1. The standard InChI is InChI=1S/C19H22N4O3S2/c1-13(2)11-23-17-6-4-3-5-16(17)22-19(23)27-12-18(24)21-14-7-9-15(10-8-14)28(20,25)26/h3-10,13H,11-12H2,1-2H3,(H,21,24)(H2,20,25,26). The molecule has 28 heavy (non-hydrogen) atoms. The molecule has 0 aliphatic carbocycles. The van der Waals surface area contributed by atoms with E-state index < -0.39 is 10.0 Å². The zero-order valence-corrected chi connectivity index (χ0v) is 17.3. The highest BCUT2D eigenvalue weighted by atomic mass is 32.2. The Kier molecular flexibility index (Phi) is 6.07. The molecule has 0 atom stereocenters. The number of para-hydroxylation sites is 2. The number of amides is 1. The number of nitrogens with two attached hydrogens (primary N) is 1. The fraction of sp³-hybridized carbons (Fsp3) is 0.263. The van der Waals surface area contributed by atoms with Gasteiger partial charge in [-0.05, 0) is 42.3 Å². The van der Waals surface area contributed by atoms with Crippen LogP contribution in [0.1, 0.15) is 13.8 Å². The minimum atomic E-state index is -3.75. The molecule has 0 radical (unpaired) electrons. The summed E-state index contributed by atoms with van der Waals surface area (Å²) in [5.74, 6) is 0.442. The van der Waals surface area contributed by atoms with Crippen molar-refractivity contribution in [3.8, 4) is 0 Å². The first kappa shape index (κ1) is 20.4. The van der Waals surface area contributed by atoms with E-state index in [9.17, 15) is 13.2 Å². The third-order valence-electron chi connectivity index (χ3n) is 3.97. The maximum Gasteiger partial charge on any atom is 0.238 e. The summed E-state index contributed by atoms with van der Waals surface area (Å²) in [6.45, 7) is 5.10. The molecule has 0 aliphatic heterocycles. The third kappa shape index (κ3) is 4.92. The van der Waals surface area contributed by atoms with E-state index in [1.807, 2.05) is 24.3 Å². The highest BCUT2D eigenvalue weighted by molar-refractivity contribution is 7.99. The number of carbonyl (C=O) groups excluding carboxylic acids is 1. The number of carbonyl (C=O) groups is 1. The Labute approximate surface area is 168 Å². The van der Waals surface area contributed by atoms with Crippen molar-refractivity contribution in [2.75, 3.05) is 11.1 Å². The van der Waals surface area contributed by atoms with Crippen LogP contribution < -0.4 is 10.5 Å². The number of nitrogens with one attached hydrogen (secondary N) is 1. The molecule has 1 aromatic heterocycles. The molecule has 0 saturated heterocycles. The van der Waals surface area contributed by atoms with Crippen LogP contribution >= 0.6 is 11.8 Å². The summed E-state index contributed by atoms with van der Waals surface area (Å²) in [7, 11) is -3.75. The summed E-state index contributed by atoms with van der Waals surface area (Å²) in [5.41, 5.74) is 2.47. The maximum absolute atomic E-state index is 12.3. The van der Waals surface area contributed by atoms with Gasteiger partial charge in [-0.15, -0.1) is 0 Å². The molecule has 1 amide bonds. The monoisotopic (exact) mass is 418 g/mol. The molecule has 1 heterocycles. The zero-order valence-electron chi connectivity index (χ0n) is 15.6. The summed E-state index contributed by atoms with van der Waals surface area (Å²) in [4.78, 5) is 17.0. The lowest BCUT2D eigenvalue weighted by Gasteiger charge is -2.11. The number of primary sulfonamides is 1. The van der Waals surface area contributed by atoms with E-state index >= 15 is 0 Å². The van der Waals surface area contributed by atoms with E-state index in [-0.39, 0.29) is 16.6 Å². The molecule has 3 aromatic rings.